The normalized spacial score (nSPS) is 10.6. The molecule has 0 bridgehead atoms. The first-order chi connectivity index (χ1) is 8.93. The minimum Gasteiger partial charge on any atom is -0.288 e. The van der Waals surface area contributed by atoms with E-state index in [0.29, 0.717) is 10.0 Å². The number of benzene rings is 2. The first kappa shape index (κ1) is 14.2. The third-order valence-electron chi connectivity index (χ3n) is 2.72. The summed E-state index contributed by atoms with van der Waals surface area (Å²) in [5, 5.41) is -0.195. The standard InChI is InChI=1S/C14H8BrClF2O/c1-7-3-2-4-8(12(7)17)14(19)9-5-6-10(15)11(16)13(9)18/h2-6H,1H3. The van der Waals surface area contributed by atoms with Gasteiger partial charge in [-0.25, -0.2) is 8.78 Å². The summed E-state index contributed by atoms with van der Waals surface area (Å²) < 4.78 is 28.1. The van der Waals surface area contributed by atoms with Crippen LogP contribution in [0.1, 0.15) is 21.5 Å². The van der Waals surface area contributed by atoms with Crippen LogP contribution in [0, 0.1) is 18.6 Å². The molecule has 2 aromatic carbocycles. The molecule has 0 fully saturated rings. The number of ketones is 1. The van der Waals surface area contributed by atoms with E-state index in [-0.39, 0.29) is 16.1 Å². The van der Waals surface area contributed by atoms with E-state index in [4.69, 9.17) is 11.6 Å². The van der Waals surface area contributed by atoms with E-state index < -0.39 is 17.4 Å². The van der Waals surface area contributed by atoms with E-state index in [1.54, 1.807) is 6.07 Å². The summed E-state index contributed by atoms with van der Waals surface area (Å²) in [5.41, 5.74) is -0.0931. The summed E-state index contributed by atoms with van der Waals surface area (Å²) in [7, 11) is 0. The Bertz CT molecular complexity index is 671. The first-order valence-electron chi connectivity index (χ1n) is 5.36. The third kappa shape index (κ3) is 2.55. The molecule has 0 aliphatic carbocycles. The van der Waals surface area contributed by atoms with Gasteiger partial charge in [-0.2, -0.15) is 0 Å². The van der Waals surface area contributed by atoms with Crippen molar-refractivity contribution in [2.24, 2.45) is 0 Å². The zero-order chi connectivity index (χ0) is 14.2. The topological polar surface area (TPSA) is 17.1 Å². The molecule has 0 radical (unpaired) electrons. The lowest BCUT2D eigenvalue weighted by molar-refractivity contribution is 0.103. The number of hydrogen-bond acceptors (Lipinski definition) is 1. The molecule has 0 heterocycles. The van der Waals surface area contributed by atoms with Crippen LogP contribution in [-0.2, 0) is 0 Å². The van der Waals surface area contributed by atoms with Gasteiger partial charge in [-0.1, -0.05) is 23.7 Å². The van der Waals surface area contributed by atoms with Crippen LogP contribution >= 0.6 is 27.5 Å². The lowest BCUT2D eigenvalue weighted by Gasteiger charge is -2.07. The van der Waals surface area contributed by atoms with Crippen molar-refractivity contribution in [2.75, 3.05) is 0 Å². The van der Waals surface area contributed by atoms with E-state index in [1.807, 2.05) is 0 Å². The second-order valence-electron chi connectivity index (χ2n) is 3.99. The minimum atomic E-state index is -0.859. The van der Waals surface area contributed by atoms with E-state index in [1.165, 1.54) is 31.2 Å². The van der Waals surface area contributed by atoms with Crippen molar-refractivity contribution in [1.29, 1.82) is 0 Å². The minimum absolute atomic E-state index is 0.169. The average molecular weight is 346 g/mol. The van der Waals surface area contributed by atoms with Crippen LogP contribution in [0.25, 0.3) is 0 Å². The zero-order valence-electron chi connectivity index (χ0n) is 9.81. The summed E-state index contributed by atoms with van der Waals surface area (Å²) in [6.07, 6.45) is 0. The van der Waals surface area contributed by atoms with Gasteiger partial charge < -0.3 is 0 Å². The highest BCUT2D eigenvalue weighted by molar-refractivity contribution is 9.10. The highest BCUT2D eigenvalue weighted by Crippen LogP contribution is 2.29. The predicted molar refractivity (Wildman–Crippen MR) is 73.7 cm³/mol. The number of rotatable bonds is 2. The van der Waals surface area contributed by atoms with Crippen molar-refractivity contribution < 1.29 is 13.6 Å². The Labute approximate surface area is 122 Å². The SMILES string of the molecule is Cc1cccc(C(=O)c2ccc(Br)c(Cl)c2F)c1F. The van der Waals surface area contributed by atoms with Crippen molar-refractivity contribution in [3.05, 3.63) is 68.2 Å². The number of halogens is 4. The molecule has 0 N–H and O–H groups in total. The van der Waals surface area contributed by atoms with Crippen molar-refractivity contribution in [2.45, 2.75) is 6.92 Å². The predicted octanol–water partition coefficient (Wildman–Crippen LogP) is 4.92. The lowest BCUT2D eigenvalue weighted by Crippen LogP contribution is -2.08. The molecule has 0 spiro atoms. The van der Waals surface area contributed by atoms with E-state index in [2.05, 4.69) is 15.9 Å². The molecule has 0 aromatic heterocycles. The van der Waals surface area contributed by atoms with Gasteiger partial charge in [0, 0.05) is 4.47 Å². The van der Waals surface area contributed by atoms with Gasteiger partial charge in [0.25, 0.3) is 0 Å². The number of aryl methyl sites for hydroxylation is 1. The Kier molecular flexibility index (Phi) is 4.02. The van der Waals surface area contributed by atoms with Gasteiger partial charge in [-0.3, -0.25) is 4.79 Å². The van der Waals surface area contributed by atoms with Crippen LogP contribution in [-0.4, -0.2) is 5.78 Å². The number of carbonyl (C=O) groups is 1. The van der Waals surface area contributed by atoms with Gasteiger partial charge >= 0.3 is 0 Å². The largest absolute Gasteiger partial charge is 0.288 e. The van der Waals surface area contributed by atoms with Gasteiger partial charge in [-0.15, -0.1) is 0 Å². The van der Waals surface area contributed by atoms with Crippen LogP contribution in [0.5, 0.6) is 0 Å². The van der Waals surface area contributed by atoms with Gasteiger partial charge in [-0.05, 0) is 46.6 Å². The molecule has 98 valence electrons. The molecule has 0 aliphatic heterocycles. The Morgan fingerprint density at radius 1 is 1.11 bits per heavy atom. The van der Waals surface area contributed by atoms with Crippen LogP contribution in [0.15, 0.2) is 34.8 Å². The number of hydrogen-bond donors (Lipinski definition) is 0. The third-order valence-corrected chi connectivity index (χ3v) is 3.97. The van der Waals surface area contributed by atoms with Crippen LogP contribution in [0.2, 0.25) is 5.02 Å². The Morgan fingerprint density at radius 3 is 2.42 bits per heavy atom. The molecule has 1 nitrogen and oxygen atoms in total. The summed E-state index contributed by atoms with van der Waals surface area (Å²) in [6, 6.07) is 7.13. The molecule has 0 aliphatic rings. The molecule has 2 aromatic rings. The molecular weight excluding hydrogens is 338 g/mol. The summed E-state index contributed by atoms with van der Waals surface area (Å²) >= 11 is 8.77. The smallest absolute Gasteiger partial charge is 0.198 e. The second kappa shape index (κ2) is 5.39. The molecule has 5 heteroatoms. The maximum atomic E-state index is 13.9. The van der Waals surface area contributed by atoms with Crippen molar-refractivity contribution in [3.63, 3.8) is 0 Å². The zero-order valence-corrected chi connectivity index (χ0v) is 12.1. The second-order valence-corrected chi connectivity index (χ2v) is 5.22. The van der Waals surface area contributed by atoms with E-state index >= 15 is 0 Å². The molecule has 0 saturated carbocycles. The highest BCUT2D eigenvalue weighted by Gasteiger charge is 2.21. The highest BCUT2D eigenvalue weighted by atomic mass is 79.9. The van der Waals surface area contributed by atoms with Gasteiger partial charge in [0.2, 0.25) is 0 Å². The molecule has 0 amide bonds. The Hall–Kier alpha value is -1.26. The summed E-state index contributed by atoms with van der Waals surface area (Å²) in [4.78, 5) is 12.1. The first-order valence-corrected chi connectivity index (χ1v) is 6.54. The maximum absolute atomic E-state index is 13.9. The van der Waals surface area contributed by atoms with E-state index in [0.717, 1.165) is 0 Å². The maximum Gasteiger partial charge on any atom is 0.198 e. The lowest BCUT2D eigenvalue weighted by atomic mass is 10.0. The average Bonchev–Trinajstić information content (AvgIpc) is 2.39. The molecular formula is C14H8BrClF2O. The molecule has 0 atom stereocenters. The quantitative estimate of drug-likeness (QED) is 0.558. The molecule has 0 saturated heterocycles. The summed E-state index contributed by atoms with van der Waals surface area (Å²) in [5.74, 6) is -2.24. The van der Waals surface area contributed by atoms with Gasteiger partial charge in [0.1, 0.15) is 5.82 Å². The Balaban J connectivity index is 2.57. The Morgan fingerprint density at radius 2 is 1.74 bits per heavy atom. The fraction of sp³-hybridized carbons (Fsp3) is 0.0714. The molecule has 0 unspecified atom stereocenters. The fourth-order valence-electron chi connectivity index (χ4n) is 1.67. The van der Waals surface area contributed by atoms with Gasteiger partial charge in [0.05, 0.1) is 16.1 Å². The molecule has 19 heavy (non-hydrogen) atoms. The van der Waals surface area contributed by atoms with Crippen molar-refractivity contribution in [3.8, 4) is 0 Å². The van der Waals surface area contributed by atoms with Crippen molar-refractivity contribution >= 4 is 33.3 Å². The van der Waals surface area contributed by atoms with Crippen LogP contribution in [0.4, 0.5) is 8.78 Å². The summed E-state index contributed by atoms with van der Waals surface area (Å²) in [6.45, 7) is 1.54. The van der Waals surface area contributed by atoms with Crippen LogP contribution in [0.3, 0.4) is 0 Å². The van der Waals surface area contributed by atoms with E-state index in [9.17, 15) is 13.6 Å². The fourth-order valence-corrected chi connectivity index (χ4v) is 2.14. The van der Waals surface area contributed by atoms with Gasteiger partial charge in [0.15, 0.2) is 11.6 Å². The van der Waals surface area contributed by atoms with Crippen molar-refractivity contribution in [1.82, 2.24) is 0 Å². The number of carbonyl (C=O) groups excluding carboxylic acids is 1. The van der Waals surface area contributed by atoms with Crippen LogP contribution < -0.4 is 0 Å². The monoisotopic (exact) mass is 344 g/mol. The molecule has 2 rings (SSSR count).